The fraction of sp³-hybridized carbons (Fsp3) is 0.353. The van der Waals surface area contributed by atoms with Gasteiger partial charge in [0, 0.05) is 19.8 Å². The Kier molecular flexibility index (Phi) is 5.28. The molecule has 0 fully saturated rings. The summed E-state index contributed by atoms with van der Waals surface area (Å²) in [5, 5.41) is 3.35. The molecule has 1 N–H and O–H groups in total. The first-order valence-electron chi connectivity index (χ1n) is 7.28. The van der Waals surface area contributed by atoms with Crippen molar-refractivity contribution >= 4 is 11.5 Å². The lowest BCUT2D eigenvalue weighted by molar-refractivity contribution is 0.627. The lowest BCUT2D eigenvalue weighted by Gasteiger charge is -2.21. The monoisotopic (exact) mass is 287 g/mol. The number of pyridine rings is 1. The molecule has 2 rings (SSSR count). The molecule has 0 atom stereocenters. The Bertz CT molecular complexity index is 598. The van der Waals surface area contributed by atoms with Crippen LogP contribution in [-0.2, 0) is 6.54 Å². The molecule has 1 aromatic heterocycles. The van der Waals surface area contributed by atoms with E-state index < -0.39 is 0 Å². The number of hydrogen-bond acceptors (Lipinski definition) is 3. The molecule has 0 unspecified atom stereocenters. The molecule has 4 heteroatoms. The first kappa shape index (κ1) is 15.4. The highest BCUT2D eigenvalue weighted by Gasteiger charge is 2.12. The van der Waals surface area contributed by atoms with E-state index in [0.717, 1.165) is 36.5 Å². The fourth-order valence-electron chi connectivity index (χ4n) is 2.32. The van der Waals surface area contributed by atoms with Crippen molar-refractivity contribution in [2.24, 2.45) is 0 Å². The van der Waals surface area contributed by atoms with Gasteiger partial charge < -0.3 is 10.2 Å². The van der Waals surface area contributed by atoms with Gasteiger partial charge in [0.15, 0.2) is 0 Å². The Morgan fingerprint density at radius 2 is 2.05 bits per heavy atom. The number of hydrogen-bond donors (Lipinski definition) is 1. The molecular weight excluding hydrogens is 265 g/mol. The summed E-state index contributed by atoms with van der Waals surface area (Å²) in [6.45, 7) is 5.95. The standard InChI is InChI=1S/C17H22FN3/c1-4-9-19-11-14-10-13(2)17(20-12-14)21(3)16-8-6-5-7-15(16)18/h5-8,10,12,19H,4,9,11H2,1-3H3. The van der Waals surface area contributed by atoms with Gasteiger partial charge in [0.1, 0.15) is 11.6 Å². The topological polar surface area (TPSA) is 28.2 Å². The molecule has 0 amide bonds. The van der Waals surface area contributed by atoms with E-state index in [-0.39, 0.29) is 5.82 Å². The van der Waals surface area contributed by atoms with Gasteiger partial charge in [-0.1, -0.05) is 19.1 Å². The predicted octanol–water partition coefficient (Wildman–Crippen LogP) is 3.80. The number of aryl methyl sites for hydroxylation is 1. The molecule has 21 heavy (non-hydrogen) atoms. The molecule has 0 aliphatic carbocycles. The van der Waals surface area contributed by atoms with Crippen molar-refractivity contribution in [2.45, 2.75) is 26.8 Å². The van der Waals surface area contributed by atoms with Crippen LogP contribution in [-0.4, -0.2) is 18.6 Å². The Morgan fingerprint density at radius 1 is 1.29 bits per heavy atom. The number of anilines is 2. The third-order valence-corrected chi connectivity index (χ3v) is 3.39. The van der Waals surface area contributed by atoms with E-state index in [4.69, 9.17) is 0 Å². The van der Waals surface area contributed by atoms with Gasteiger partial charge >= 0.3 is 0 Å². The number of nitrogens with zero attached hydrogens (tertiary/aromatic N) is 2. The molecule has 112 valence electrons. The van der Waals surface area contributed by atoms with E-state index in [2.05, 4.69) is 23.3 Å². The van der Waals surface area contributed by atoms with Gasteiger partial charge in [-0.05, 0) is 49.2 Å². The molecule has 1 aromatic carbocycles. The summed E-state index contributed by atoms with van der Waals surface area (Å²) in [7, 11) is 1.84. The van der Waals surface area contributed by atoms with Crippen molar-refractivity contribution in [3.8, 4) is 0 Å². The number of halogens is 1. The van der Waals surface area contributed by atoms with Gasteiger partial charge in [-0.25, -0.2) is 9.37 Å². The van der Waals surface area contributed by atoms with E-state index in [1.807, 2.05) is 26.2 Å². The predicted molar refractivity (Wildman–Crippen MR) is 85.4 cm³/mol. The second-order valence-corrected chi connectivity index (χ2v) is 5.17. The summed E-state index contributed by atoms with van der Waals surface area (Å²) in [6.07, 6.45) is 2.96. The maximum atomic E-state index is 13.9. The van der Waals surface area contributed by atoms with Gasteiger partial charge in [-0.3, -0.25) is 0 Å². The van der Waals surface area contributed by atoms with Gasteiger partial charge in [0.25, 0.3) is 0 Å². The third kappa shape index (κ3) is 3.79. The summed E-state index contributed by atoms with van der Waals surface area (Å²) in [5.74, 6) is 0.536. The second-order valence-electron chi connectivity index (χ2n) is 5.17. The van der Waals surface area contributed by atoms with Crippen LogP contribution in [0.15, 0.2) is 36.5 Å². The average molecular weight is 287 g/mol. The Morgan fingerprint density at radius 3 is 2.71 bits per heavy atom. The quantitative estimate of drug-likeness (QED) is 0.819. The van der Waals surface area contributed by atoms with Crippen LogP contribution in [0.25, 0.3) is 0 Å². The highest BCUT2D eigenvalue weighted by atomic mass is 19.1. The van der Waals surface area contributed by atoms with Crippen molar-refractivity contribution in [3.05, 3.63) is 53.5 Å². The maximum absolute atomic E-state index is 13.9. The van der Waals surface area contributed by atoms with Crippen LogP contribution in [0.3, 0.4) is 0 Å². The normalized spacial score (nSPS) is 10.7. The van der Waals surface area contributed by atoms with Crippen molar-refractivity contribution in [2.75, 3.05) is 18.5 Å². The van der Waals surface area contributed by atoms with Crippen molar-refractivity contribution < 1.29 is 4.39 Å². The number of rotatable bonds is 6. The SMILES string of the molecule is CCCNCc1cnc(N(C)c2ccccc2F)c(C)c1. The molecule has 0 radical (unpaired) electrons. The fourth-order valence-corrected chi connectivity index (χ4v) is 2.32. The number of nitrogens with one attached hydrogen (secondary N) is 1. The van der Waals surface area contributed by atoms with Gasteiger partial charge in [-0.2, -0.15) is 0 Å². The Balaban J connectivity index is 2.19. The van der Waals surface area contributed by atoms with Gasteiger partial charge in [-0.15, -0.1) is 0 Å². The van der Waals surface area contributed by atoms with Crippen LogP contribution in [0.1, 0.15) is 24.5 Å². The van der Waals surface area contributed by atoms with Crippen LogP contribution in [0.4, 0.5) is 15.9 Å². The highest BCUT2D eigenvalue weighted by molar-refractivity contribution is 5.62. The molecule has 0 aliphatic heterocycles. The summed E-state index contributed by atoms with van der Waals surface area (Å²) in [5.41, 5.74) is 2.72. The number of aromatic nitrogens is 1. The first-order valence-corrected chi connectivity index (χ1v) is 7.28. The molecule has 2 aromatic rings. The Labute approximate surface area is 125 Å². The molecule has 0 bridgehead atoms. The van der Waals surface area contributed by atoms with Crippen molar-refractivity contribution in [3.63, 3.8) is 0 Å². The zero-order chi connectivity index (χ0) is 15.2. The van der Waals surface area contributed by atoms with Crippen LogP contribution >= 0.6 is 0 Å². The van der Waals surface area contributed by atoms with E-state index in [1.54, 1.807) is 17.0 Å². The minimum Gasteiger partial charge on any atom is -0.327 e. The first-order chi connectivity index (χ1) is 10.1. The van der Waals surface area contributed by atoms with Gasteiger partial charge in [0.05, 0.1) is 5.69 Å². The smallest absolute Gasteiger partial charge is 0.146 e. The molecular formula is C17H22FN3. The van der Waals surface area contributed by atoms with Crippen LogP contribution in [0.2, 0.25) is 0 Å². The van der Waals surface area contributed by atoms with Crippen molar-refractivity contribution in [1.29, 1.82) is 0 Å². The molecule has 0 saturated heterocycles. The maximum Gasteiger partial charge on any atom is 0.146 e. The molecule has 0 spiro atoms. The van der Waals surface area contributed by atoms with E-state index in [0.29, 0.717) is 5.69 Å². The minimum atomic E-state index is -0.241. The van der Waals surface area contributed by atoms with Crippen LogP contribution < -0.4 is 10.2 Å². The van der Waals surface area contributed by atoms with E-state index >= 15 is 0 Å². The average Bonchev–Trinajstić information content (AvgIpc) is 2.47. The van der Waals surface area contributed by atoms with E-state index in [1.165, 1.54) is 6.07 Å². The van der Waals surface area contributed by atoms with Crippen LogP contribution in [0.5, 0.6) is 0 Å². The summed E-state index contributed by atoms with van der Waals surface area (Å²) < 4.78 is 13.9. The van der Waals surface area contributed by atoms with Crippen molar-refractivity contribution in [1.82, 2.24) is 10.3 Å². The van der Waals surface area contributed by atoms with Gasteiger partial charge in [0.2, 0.25) is 0 Å². The highest BCUT2D eigenvalue weighted by Crippen LogP contribution is 2.27. The lowest BCUT2D eigenvalue weighted by Crippen LogP contribution is -2.16. The number of benzene rings is 1. The lowest BCUT2D eigenvalue weighted by atomic mass is 10.2. The summed E-state index contributed by atoms with van der Waals surface area (Å²) in [6, 6.07) is 8.84. The summed E-state index contributed by atoms with van der Waals surface area (Å²) >= 11 is 0. The zero-order valence-electron chi connectivity index (χ0n) is 12.9. The van der Waals surface area contributed by atoms with Crippen LogP contribution in [0, 0.1) is 12.7 Å². The number of para-hydroxylation sites is 1. The second kappa shape index (κ2) is 7.18. The molecule has 0 saturated carbocycles. The van der Waals surface area contributed by atoms with E-state index in [9.17, 15) is 4.39 Å². The minimum absolute atomic E-state index is 0.241. The Hall–Kier alpha value is -1.94. The molecule has 1 heterocycles. The third-order valence-electron chi connectivity index (χ3n) is 3.39. The largest absolute Gasteiger partial charge is 0.327 e. The molecule has 3 nitrogen and oxygen atoms in total. The zero-order valence-corrected chi connectivity index (χ0v) is 12.9. The molecule has 0 aliphatic rings. The summed E-state index contributed by atoms with van der Waals surface area (Å²) in [4.78, 5) is 6.28.